The first-order valence-electron chi connectivity index (χ1n) is 7.99. The number of anilines is 1. The summed E-state index contributed by atoms with van der Waals surface area (Å²) in [6.07, 6.45) is -0.385. The van der Waals surface area contributed by atoms with Gasteiger partial charge in [0, 0.05) is 12.6 Å². The highest BCUT2D eigenvalue weighted by atomic mass is 19.1. The van der Waals surface area contributed by atoms with E-state index in [-0.39, 0.29) is 18.9 Å². The molecular formula is C16H20FN5O3. The van der Waals surface area contributed by atoms with Crippen molar-refractivity contribution in [2.45, 2.75) is 45.0 Å². The fraction of sp³-hybridized carbons (Fsp3) is 0.500. The second-order valence-corrected chi connectivity index (χ2v) is 6.91. The molecule has 0 unspecified atom stereocenters. The summed E-state index contributed by atoms with van der Waals surface area (Å²) < 4.78 is 20.6. The Labute approximate surface area is 144 Å². The Morgan fingerprint density at radius 2 is 2.12 bits per heavy atom. The fourth-order valence-corrected chi connectivity index (χ4v) is 2.63. The van der Waals surface area contributed by atoms with Crippen LogP contribution in [0.15, 0.2) is 24.4 Å². The van der Waals surface area contributed by atoms with Crippen molar-refractivity contribution in [3.63, 3.8) is 0 Å². The minimum Gasteiger partial charge on any atom is -0.444 e. The molecule has 3 rings (SSSR count). The Balaban J connectivity index is 1.73. The van der Waals surface area contributed by atoms with Gasteiger partial charge in [-0.3, -0.25) is 15.0 Å². The summed E-state index contributed by atoms with van der Waals surface area (Å²) >= 11 is 0. The van der Waals surface area contributed by atoms with Gasteiger partial charge >= 0.3 is 6.09 Å². The predicted octanol–water partition coefficient (Wildman–Crippen LogP) is 2.02. The van der Waals surface area contributed by atoms with Crippen LogP contribution in [0.25, 0.3) is 5.65 Å². The van der Waals surface area contributed by atoms with E-state index in [1.807, 2.05) is 0 Å². The van der Waals surface area contributed by atoms with Crippen LogP contribution < -0.4 is 5.32 Å². The second-order valence-electron chi connectivity index (χ2n) is 6.91. The molecule has 0 spiro atoms. The maximum Gasteiger partial charge on any atom is 0.411 e. The van der Waals surface area contributed by atoms with E-state index in [0.29, 0.717) is 5.65 Å². The van der Waals surface area contributed by atoms with Crippen molar-refractivity contribution in [2.24, 2.45) is 0 Å². The number of carbonyl (C=O) groups is 2. The zero-order chi connectivity index (χ0) is 18.2. The minimum atomic E-state index is -1.28. The molecule has 3 heterocycles. The number of amides is 2. The number of carbonyl (C=O) groups excluding carboxylic acids is 2. The lowest BCUT2D eigenvalue weighted by molar-refractivity contribution is -0.120. The molecule has 1 aliphatic rings. The molecule has 2 aromatic rings. The number of hydrogen-bond donors (Lipinski definition) is 1. The second kappa shape index (κ2) is 6.30. The van der Waals surface area contributed by atoms with Crippen LogP contribution in [0, 0.1) is 0 Å². The number of likely N-dealkylation sites (tertiary alicyclic amines) is 1. The highest BCUT2D eigenvalue weighted by molar-refractivity contribution is 5.95. The first-order chi connectivity index (χ1) is 11.7. The van der Waals surface area contributed by atoms with E-state index >= 15 is 0 Å². The van der Waals surface area contributed by atoms with E-state index in [2.05, 4.69) is 15.4 Å². The van der Waals surface area contributed by atoms with Gasteiger partial charge in [0.15, 0.2) is 5.65 Å². The Morgan fingerprint density at radius 3 is 2.80 bits per heavy atom. The number of ether oxygens (including phenoxy) is 1. The predicted molar refractivity (Wildman–Crippen MR) is 87.9 cm³/mol. The molecule has 0 radical (unpaired) electrons. The lowest BCUT2D eigenvalue weighted by Crippen LogP contribution is -2.45. The molecule has 134 valence electrons. The fourth-order valence-electron chi connectivity index (χ4n) is 2.63. The average Bonchev–Trinajstić information content (AvgIpc) is 3.08. The van der Waals surface area contributed by atoms with E-state index in [9.17, 15) is 14.0 Å². The number of fused-ring (bicyclic) bond motifs is 1. The quantitative estimate of drug-likeness (QED) is 0.896. The molecule has 2 amide bonds. The van der Waals surface area contributed by atoms with Gasteiger partial charge in [-0.1, -0.05) is 6.07 Å². The van der Waals surface area contributed by atoms with E-state index in [0.717, 1.165) is 4.90 Å². The van der Waals surface area contributed by atoms with Crippen molar-refractivity contribution in [3.8, 4) is 0 Å². The third-order valence-electron chi connectivity index (χ3n) is 3.66. The average molecular weight is 349 g/mol. The van der Waals surface area contributed by atoms with Gasteiger partial charge in [0.1, 0.15) is 17.8 Å². The van der Waals surface area contributed by atoms with Crippen molar-refractivity contribution in [1.82, 2.24) is 19.5 Å². The normalized spacial score (nSPS) is 20.7. The Kier molecular flexibility index (Phi) is 4.32. The highest BCUT2D eigenvalue weighted by Gasteiger charge is 2.42. The third kappa shape index (κ3) is 3.86. The van der Waals surface area contributed by atoms with Crippen LogP contribution in [0.3, 0.4) is 0 Å². The van der Waals surface area contributed by atoms with Gasteiger partial charge in [-0.25, -0.2) is 13.7 Å². The topological polar surface area (TPSA) is 88.8 Å². The molecular weight excluding hydrogens is 329 g/mol. The van der Waals surface area contributed by atoms with Crippen LogP contribution in [0.4, 0.5) is 15.1 Å². The molecule has 25 heavy (non-hydrogen) atoms. The minimum absolute atomic E-state index is 0.0849. The van der Waals surface area contributed by atoms with Gasteiger partial charge < -0.3 is 4.74 Å². The number of rotatable bonds is 2. The van der Waals surface area contributed by atoms with Gasteiger partial charge in [-0.2, -0.15) is 4.98 Å². The maximum atomic E-state index is 13.8. The first-order valence-corrected chi connectivity index (χ1v) is 7.99. The molecule has 1 fully saturated rings. The van der Waals surface area contributed by atoms with Crippen LogP contribution in [0.2, 0.25) is 0 Å². The molecule has 1 N–H and O–H groups in total. The smallest absolute Gasteiger partial charge is 0.411 e. The van der Waals surface area contributed by atoms with Crippen molar-refractivity contribution < 1.29 is 18.7 Å². The van der Waals surface area contributed by atoms with Gasteiger partial charge in [0.2, 0.25) is 11.9 Å². The molecule has 1 aliphatic heterocycles. The number of nitrogens with zero attached hydrogens (tertiary/aromatic N) is 4. The van der Waals surface area contributed by atoms with Gasteiger partial charge in [-0.15, -0.1) is 5.10 Å². The molecule has 0 bridgehead atoms. The molecule has 1 saturated heterocycles. The number of pyridine rings is 1. The van der Waals surface area contributed by atoms with E-state index in [1.54, 1.807) is 45.2 Å². The maximum absolute atomic E-state index is 13.8. The Morgan fingerprint density at radius 1 is 1.36 bits per heavy atom. The molecule has 0 aliphatic carbocycles. The van der Waals surface area contributed by atoms with Crippen molar-refractivity contribution >= 4 is 23.6 Å². The summed E-state index contributed by atoms with van der Waals surface area (Å²) in [6.45, 7) is 4.96. The van der Waals surface area contributed by atoms with Crippen molar-refractivity contribution in [1.29, 1.82) is 0 Å². The number of hydrogen-bond acceptors (Lipinski definition) is 5. The van der Waals surface area contributed by atoms with Gasteiger partial charge in [0.25, 0.3) is 0 Å². The number of alkyl halides is 1. The van der Waals surface area contributed by atoms with E-state index < -0.39 is 29.8 Å². The van der Waals surface area contributed by atoms with Crippen molar-refractivity contribution in [2.75, 3.05) is 11.9 Å². The number of nitrogens with one attached hydrogen (secondary N) is 1. The lowest BCUT2D eigenvalue weighted by atomic mass is 10.2. The number of aromatic nitrogens is 3. The van der Waals surface area contributed by atoms with Crippen LogP contribution in [-0.4, -0.2) is 55.9 Å². The summed E-state index contributed by atoms with van der Waals surface area (Å²) in [6, 6.07) is 4.35. The van der Waals surface area contributed by atoms with Crippen LogP contribution in [0.1, 0.15) is 27.2 Å². The monoisotopic (exact) mass is 349 g/mol. The van der Waals surface area contributed by atoms with Crippen LogP contribution in [-0.2, 0) is 9.53 Å². The largest absolute Gasteiger partial charge is 0.444 e. The molecule has 2 aromatic heterocycles. The molecule has 9 heteroatoms. The van der Waals surface area contributed by atoms with Crippen LogP contribution >= 0.6 is 0 Å². The SMILES string of the molecule is CC(C)(C)OC(=O)N1C[C@@H](F)C[C@@H]1C(=O)Nc1nc2ccccn2n1. The number of halogens is 1. The summed E-state index contributed by atoms with van der Waals surface area (Å²) in [7, 11) is 0. The molecule has 0 saturated carbocycles. The zero-order valence-corrected chi connectivity index (χ0v) is 14.3. The molecule has 8 nitrogen and oxygen atoms in total. The molecule has 0 aromatic carbocycles. The van der Waals surface area contributed by atoms with Gasteiger partial charge in [0.05, 0.1) is 6.54 Å². The van der Waals surface area contributed by atoms with Crippen LogP contribution in [0.5, 0.6) is 0 Å². The van der Waals surface area contributed by atoms with Gasteiger partial charge in [-0.05, 0) is 32.9 Å². The van der Waals surface area contributed by atoms with E-state index in [4.69, 9.17) is 4.74 Å². The zero-order valence-electron chi connectivity index (χ0n) is 14.3. The third-order valence-corrected chi connectivity index (χ3v) is 3.66. The first kappa shape index (κ1) is 17.1. The van der Waals surface area contributed by atoms with Crippen molar-refractivity contribution in [3.05, 3.63) is 24.4 Å². The lowest BCUT2D eigenvalue weighted by Gasteiger charge is -2.27. The Bertz CT molecular complexity index is 767. The standard InChI is InChI=1S/C16H20FN5O3/c1-16(2,3)25-15(24)21-9-10(17)8-11(21)13(23)19-14-18-12-6-4-5-7-22(12)20-14/h4-7,10-11H,8-9H2,1-3H3,(H,19,20,23)/t10-,11+/m0/s1. The van der Waals surface area contributed by atoms with E-state index in [1.165, 1.54) is 4.52 Å². The summed E-state index contributed by atoms with van der Waals surface area (Å²) in [5.74, 6) is -0.440. The summed E-state index contributed by atoms with van der Waals surface area (Å²) in [5.41, 5.74) is -0.160. The highest BCUT2D eigenvalue weighted by Crippen LogP contribution is 2.24. The summed E-state index contributed by atoms with van der Waals surface area (Å²) in [5, 5.41) is 6.66. The molecule has 2 atom stereocenters. The Hall–Kier alpha value is -2.71. The summed E-state index contributed by atoms with van der Waals surface area (Å²) in [4.78, 5) is 30.0.